The van der Waals surface area contributed by atoms with Crippen molar-refractivity contribution < 1.29 is 22.4 Å². The number of hydrogen-bond acceptors (Lipinski definition) is 2. The molecule has 0 aliphatic carbocycles. The van der Waals surface area contributed by atoms with E-state index in [9.17, 15) is 22.4 Å². The first-order chi connectivity index (χ1) is 15.6. The monoisotopic (exact) mass is 482 g/mol. The van der Waals surface area contributed by atoms with Gasteiger partial charge < -0.3 is 15.1 Å². The lowest BCUT2D eigenvalue weighted by Gasteiger charge is -2.25. The topological polar surface area (TPSA) is 37.7 Å². The Morgan fingerprint density at radius 2 is 1.79 bits per heavy atom. The Balaban J connectivity index is 1.27. The molecule has 2 unspecified atom stereocenters. The van der Waals surface area contributed by atoms with Crippen LogP contribution in [-0.4, -0.2) is 55.0 Å². The molecule has 2 fully saturated rings. The first kappa shape index (κ1) is 23.8. The molecular formula is C24H25ClF4N3O-. The van der Waals surface area contributed by atoms with Crippen LogP contribution in [0.15, 0.2) is 36.4 Å². The number of benzene rings is 2. The molecule has 2 saturated heterocycles. The summed E-state index contributed by atoms with van der Waals surface area (Å²) in [5.74, 6) is -1.18. The van der Waals surface area contributed by atoms with Crippen LogP contribution in [0.5, 0.6) is 0 Å². The number of carbonyl (C=O) groups excluding carboxylic acids is 1. The summed E-state index contributed by atoms with van der Waals surface area (Å²) < 4.78 is 53.5. The van der Waals surface area contributed by atoms with Crippen LogP contribution in [0.25, 0.3) is 5.32 Å². The highest BCUT2D eigenvalue weighted by atomic mass is 35.5. The van der Waals surface area contributed by atoms with Crippen molar-refractivity contribution in [2.24, 2.45) is 11.8 Å². The summed E-state index contributed by atoms with van der Waals surface area (Å²) in [6, 6.07) is 7.79. The largest absolute Gasteiger partial charge is 0.684 e. The van der Waals surface area contributed by atoms with E-state index >= 15 is 0 Å². The SMILES string of the molecule is Cc1ccc([N-]CCCN2CC3CN(C(=O)c4cc(F)ccc4C(F)(F)F)CC3C2)cc1Cl. The Bertz CT molecular complexity index is 1020. The van der Waals surface area contributed by atoms with Crippen LogP contribution < -0.4 is 0 Å². The van der Waals surface area contributed by atoms with E-state index in [1.54, 1.807) is 0 Å². The maximum absolute atomic E-state index is 13.6. The van der Waals surface area contributed by atoms with E-state index < -0.39 is 29.0 Å². The summed E-state index contributed by atoms with van der Waals surface area (Å²) in [5.41, 5.74) is 0.163. The van der Waals surface area contributed by atoms with Gasteiger partial charge in [0.15, 0.2) is 0 Å². The van der Waals surface area contributed by atoms with E-state index in [1.165, 1.54) is 4.90 Å². The molecule has 4 rings (SSSR count). The molecule has 9 heteroatoms. The third-order valence-corrected chi connectivity index (χ3v) is 6.86. The van der Waals surface area contributed by atoms with Crippen molar-refractivity contribution in [3.8, 4) is 0 Å². The van der Waals surface area contributed by atoms with Gasteiger partial charge in [0.25, 0.3) is 5.91 Å². The van der Waals surface area contributed by atoms with Gasteiger partial charge in [-0.15, -0.1) is 12.2 Å². The zero-order chi connectivity index (χ0) is 23.8. The second-order valence-corrected chi connectivity index (χ2v) is 9.25. The number of rotatable bonds is 6. The fraction of sp³-hybridized carbons (Fsp3) is 0.458. The smallest absolute Gasteiger partial charge is 0.417 e. The molecule has 0 bridgehead atoms. The van der Waals surface area contributed by atoms with Crippen molar-refractivity contribution in [2.75, 3.05) is 39.3 Å². The van der Waals surface area contributed by atoms with Gasteiger partial charge in [-0.05, 0) is 49.1 Å². The number of nitrogens with zero attached hydrogens (tertiary/aromatic N) is 3. The quantitative estimate of drug-likeness (QED) is 0.379. The first-order valence-electron chi connectivity index (χ1n) is 10.9. The van der Waals surface area contributed by atoms with Crippen molar-refractivity contribution in [1.29, 1.82) is 0 Å². The molecule has 2 aliphatic heterocycles. The normalized spacial score (nSPS) is 20.8. The summed E-state index contributed by atoms with van der Waals surface area (Å²) >= 11 is 6.13. The molecule has 2 aliphatic rings. The van der Waals surface area contributed by atoms with Crippen LogP contribution in [0.4, 0.5) is 23.2 Å². The zero-order valence-electron chi connectivity index (χ0n) is 18.2. The maximum Gasteiger partial charge on any atom is 0.417 e. The molecule has 33 heavy (non-hydrogen) atoms. The minimum absolute atomic E-state index is 0.213. The van der Waals surface area contributed by atoms with E-state index in [4.69, 9.17) is 11.6 Å². The highest BCUT2D eigenvalue weighted by Crippen LogP contribution is 2.36. The predicted octanol–water partition coefficient (Wildman–Crippen LogP) is 5.91. The van der Waals surface area contributed by atoms with Crippen molar-refractivity contribution >= 4 is 23.2 Å². The Labute approximate surface area is 195 Å². The van der Waals surface area contributed by atoms with E-state index in [-0.39, 0.29) is 11.8 Å². The number of hydrogen-bond donors (Lipinski definition) is 0. The predicted molar refractivity (Wildman–Crippen MR) is 119 cm³/mol. The molecule has 2 heterocycles. The Kier molecular flexibility index (Phi) is 6.86. The van der Waals surface area contributed by atoms with Gasteiger partial charge in [-0.2, -0.15) is 13.2 Å². The molecule has 2 aromatic carbocycles. The van der Waals surface area contributed by atoms with Gasteiger partial charge >= 0.3 is 6.18 Å². The standard InChI is InChI=1S/C24H25ClF4N3O/c1-15-3-5-19(10-22(15)25)30-7-2-8-31-11-16-13-32(14-17(16)12-31)23(33)20-9-18(26)4-6-21(20)24(27,28)29/h3-6,9-10,16-17H,2,7-8,11-14H2,1H3/q-1. The highest BCUT2D eigenvalue weighted by Gasteiger charge is 2.43. The summed E-state index contributed by atoms with van der Waals surface area (Å²) in [4.78, 5) is 16.5. The molecule has 0 spiro atoms. The van der Waals surface area contributed by atoms with Crippen molar-refractivity contribution in [3.05, 3.63) is 69.2 Å². The van der Waals surface area contributed by atoms with E-state index in [0.717, 1.165) is 43.4 Å². The Morgan fingerprint density at radius 1 is 1.09 bits per heavy atom. The molecule has 4 nitrogen and oxygen atoms in total. The molecule has 2 aromatic rings. The number of amides is 1. The number of aryl methyl sites for hydroxylation is 1. The van der Waals surface area contributed by atoms with Crippen molar-refractivity contribution in [1.82, 2.24) is 9.80 Å². The van der Waals surface area contributed by atoms with Crippen LogP contribution in [-0.2, 0) is 6.18 Å². The fourth-order valence-corrected chi connectivity index (χ4v) is 4.91. The summed E-state index contributed by atoms with van der Waals surface area (Å²) in [6.45, 7) is 5.85. The molecule has 0 N–H and O–H groups in total. The summed E-state index contributed by atoms with van der Waals surface area (Å²) in [6.07, 6.45) is -3.83. The highest BCUT2D eigenvalue weighted by molar-refractivity contribution is 6.31. The minimum Gasteiger partial charge on any atom is -0.684 e. The van der Waals surface area contributed by atoms with Crippen LogP contribution in [0.2, 0.25) is 5.02 Å². The Morgan fingerprint density at radius 3 is 2.42 bits per heavy atom. The maximum atomic E-state index is 13.6. The Hall–Kier alpha value is -2.32. The molecule has 0 aromatic heterocycles. The molecule has 0 saturated carbocycles. The molecule has 0 radical (unpaired) electrons. The molecule has 1 amide bonds. The summed E-state index contributed by atoms with van der Waals surface area (Å²) in [7, 11) is 0. The van der Waals surface area contributed by atoms with Crippen LogP contribution in [0.3, 0.4) is 0 Å². The molecule has 178 valence electrons. The van der Waals surface area contributed by atoms with Gasteiger partial charge in [-0.1, -0.05) is 36.2 Å². The number of alkyl halides is 3. The van der Waals surface area contributed by atoms with Gasteiger partial charge in [-0.25, -0.2) is 4.39 Å². The molecular weight excluding hydrogens is 458 g/mol. The van der Waals surface area contributed by atoms with E-state index in [0.29, 0.717) is 36.8 Å². The van der Waals surface area contributed by atoms with Gasteiger partial charge in [0.2, 0.25) is 0 Å². The molecule has 2 atom stereocenters. The van der Waals surface area contributed by atoms with Gasteiger partial charge in [0.05, 0.1) is 11.1 Å². The number of carbonyl (C=O) groups is 1. The average Bonchev–Trinajstić information content (AvgIpc) is 3.31. The van der Waals surface area contributed by atoms with Crippen LogP contribution in [0.1, 0.15) is 27.9 Å². The second-order valence-electron chi connectivity index (χ2n) is 8.85. The van der Waals surface area contributed by atoms with E-state index in [2.05, 4.69) is 10.2 Å². The van der Waals surface area contributed by atoms with Gasteiger partial charge in [-0.3, -0.25) is 4.79 Å². The van der Waals surface area contributed by atoms with Gasteiger partial charge in [0, 0.05) is 31.2 Å². The van der Waals surface area contributed by atoms with E-state index in [1.807, 2.05) is 25.1 Å². The van der Waals surface area contributed by atoms with Crippen LogP contribution in [0, 0.1) is 24.6 Å². The lowest BCUT2D eigenvalue weighted by atomic mass is 10.0. The zero-order valence-corrected chi connectivity index (χ0v) is 19.0. The van der Waals surface area contributed by atoms with Crippen molar-refractivity contribution in [3.63, 3.8) is 0 Å². The van der Waals surface area contributed by atoms with Crippen molar-refractivity contribution in [2.45, 2.75) is 19.5 Å². The fourth-order valence-electron chi connectivity index (χ4n) is 4.73. The third-order valence-electron chi connectivity index (χ3n) is 6.45. The number of likely N-dealkylation sites (tertiary alicyclic amines) is 2. The van der Waals surface area contributed by atoms with Crippen LogP contribution >= 0.6 is 11.6 Å². The second kappa shape index (κ2) is 9.50. The third kappa shape index (κ3) is 5.44. The first-order valence-corrected chi connectivity index (χ1v) is 11.3. The lowest BCUT2D eigenvalue weighted by Crippen LogP contribution is -2.34. The van der Waals surface area contributed by atoms with Gasteiger partial charge in [0.1, 0.15) is 5.82 Å². The summed E-state index contributed by atoms with van der Waals surface area (Å²) in [5, 5.41) is 5.26. The number of halogens is 5. The number of fused-ring (bicyclic) bond motifs is 1. The average molecular weight is 483 g/mol. The lowest BCUT2D eigenvalue weighted by molar-refractivity contribution is -0.138. The minimum atomic E-state index is -4.71.